The Balaban J connectivity index is 2.05. The van der Waals surface area contributed by atoms with Crippen LogP contribution in [0.3, 0.4) is 0 Å². The fourth-order valence-electron chi connectivity index (χ4n) is 3.23. The number of fused-ring (bicyclic) bond motifs is 1. The number of carbonyl (C=O) groups is 2. The maximum atomic E-state index is 14.6. The van der Waals surface area contributed by atoms with Crippen LogP contribution in [0.25, 0.3) is 0 Å². The molecule has 25 heavy (non-hydrogen) atoms. The Morgan fingerprint density at radius 2 is 2.00 bits per heavy atom. The quantitative estimate of drug-likeness (QED) is 0.592. The average Bonchev–Trinajstić information content (AvgIpc) is 2.79. The zero-order chi connectivity index (χ0) is 18.4. The lowest BCUT2D eigenvalue weighted by molar-refractivity contribution is -0.120. The molecule has 0 aliphatic carbocycles. The first-order valence-electron chi connectivity index (χ1n) is 8.30. The molecule has 0 saturated carbocycles. The summed E-state index contributed by atoms with van der Waals surface area (Å²) in [5.74, 6) is -1.10. The Morgan fingerprint density at radius 3 is 2.60 bits per heavy atom. The largest absolute Gasteiger partial charge is 0.332 e. The van der Waals surface area contributed by atoms with Gasteiger partial charge in [0.25, 0.3) is 5.91 Å². The molecule has 0 spiro atoms. The van der Waals surface area contributed by atoms with Gasteiger partial charge < -0.3 is 4.90 Å². The van der Waals surface area contributed by atoms with Crippen LogP contribution in [0.1, 0.15) is 45.6 Å². The maximum Gasteiger partial charge on any atom is 0.332 e. The van der Waals surface area contributed by atoms with Gasteiger partial charge in [0, 0.05) is 16.2 Å². The van der Waals surface area contributed by atoms with E-state index < -0.39 is 17.9 Å². The normalized spacial score (nSPS) is 20.7. The van der Waals surface area contributed by atoms with Gasteiger partial charge in [-0.2, -0.15) is 5.26 Å². The van der Waals surface area contributed by atoms with E-state index in [-0.39, 0.29) is 21.9 Å². The van der Waals surface area contributed by atoms with Gasteiger partial charge in [0.15, 0.2) is 0 Å². The van der Waals surface area contributed by atoms with Crippen LogP contribution in [0.15, 0.2) is 17.0 Å². The molecular weight excluding hydrogens is 341 g/mol. The lowest BCUT2D eigenvalue weighted by Crippen LogP contribution is -2.39. The molecule has 0 aromatic heterocycles. The van der Waals surface area contributed by atoms with E-state index in [0.717, 1.165) is 23.8 Å². The number of halogens is 1. The zero-order valence-corrected chi connectivity index (χ0v) is 15.3. The van der Waals surface area contributed by atoms with E-state index in [1.54, 1.807) is 0 Å². The molecule has 2 aliphatic rings. The summed E-state index contributed by atoms with van der Waals surface area (Å²) in [7, 11) is 0. The Hall–Kier alpha value is -2.07. The molecule has 1 atom stereocenters. The van der Waals surface area contributed by atoms with Crippen molar-refractivity contribution in [3.8, 4) is 6.07 Å². The zero-order valence-electron chi connectivity index (χ0n) is 14.5. The molecule has 0 bridgehead atoms. The molecule has 5 nitrogen and oxygen atoms in total. The number of carbonyl (C=O) groups excluding carboxylic acids is 2. The third kappa shape index (κ3) is 3.23. The van der Waals surface area contributed by atoms with Crippen molar-refractivity contribution in [2.24, 2.45) is 0 Å². The summed E-state index contributed by atoms with van der Waals surface area (Å²) in [5, 5.41) is 9.28. The standard InChI is InChI=1S/C18H20FN3O2S/c1-18(2,3)25-15-9-14(12(19)8-11(15)10-20)22-16(23)13-6-4-5-7-21(13)17(22)24/h8-9,13H,4-7H2,1-3H3. The molecule has 132 valence electrons. The van der Waals surface area contributed by atoms with E-state index in [1.165, 1.54) is 22.7 Å². The summed E-state index contributed by atoms with van der Waals surface area (Å²) >= 11 is 1.41. The smallest absolute Gasteiger partial charge is 0.312 e. The van der Waals surface area contributed by atoms with Crippen molar-refractivity contribution in [2.75, 3.05) is 11.4 Å². The molecule has 3 rings (SSSR count). The second-order valence-corrected chi connectivity index (χ2v) is 9.16. The molecule has 1 aromatic carbocycles. The average molecular weight is 361 g/mol. The number of nitriles is 1. The Kier molecular flexibility index (Phi) is 4.50. The number of thioether (sulfide) groups is 1. The van der Waals surface area contributed by atoms with Gasteiger partial charge in [-0.1, -0.05) is 20.8 Å². The number of piperidine rings is 1. The van der Waals surface area contributed by atoms with E-state index in [9.17, 15) is 19.2 Å². The van der Waals surface area contributed by atoms with Gasteiger partial charge in [-0.15, -0.1) is 11.8 Å². The summed E-state index contributed by atoms with van der Waals surface area (Å²) < 4.78 is 14.4. The number of imide groups is 1. The number of rotatable bonds is 2. The molecule has 2 fully saturated rings. The Labute approximate surface area is 150 Å². The van der Waals surface area contributed by atoms with Crippen LogP contribution in [0.4, 0.5) is 14.9 Å². The maximum absolute atomic E-state index is 14.6. The Morgan fingerprint density at radius 1 is 1.28 bits per heavy atom. The molecule has 0 N–H and O–H groups in total. The summed E-state index contributed by atoms with van der Waals surface area (Å²) in [5.41, 5.74) is 0.146. The van der Waals surface area contributed by atoms with Crippen LogP contribution in [0.2, 0.25) is 0 Å². The molecule has 1 aromatic rings. The highest BCUT2D eigenvalue weighted by atomic mass is 32.2. The highest BCUT2D eigenvalue weighted by Crippen LogP contribution is 2.39. The summed E-state index contributed by atoms with van der Waals surface area (Å²) in [6, 6.07) is 3.60. The minimum absolute atomic E-state index is 0.0600. The first-order chi connectivity index (χ1) is 11.7. The van der Waals surface area contributed by atoms with E-state index in [4.69, 9.17) is 0 Å². The van der Waals surface area contributed by atoms with E-state index >= 15 is 0 Å². The molecular formula is C18H20FN3O2S. The van der Waals surface area contributed by atoms with Gasteiger partial charge in [-0.25, -0.2) is 14.1 Å². The van der Waals surface area contributed by atoms with Crippen molar-refractivity contribution >= 4 is 29.4 Å². The number of hydrogen-bond acceptors (Lipinski definition) is 4. The molecule has 7 heteroatoms. The monoisotopic (exact) mass is 361 g/mol. The number of nitrogens with zero attached hydrogens (tertiary/aromatic N) is 3. The van der Waals surface area contributed by atoms with E-state index in [1.807, 2.05) is 26.8 Å². The molecule has 1 unspecified atom stereocenters. The lowest BCUT2D eigenvalue weighted by atomic mass is 10.0. The van der Waals surface area contributed by atoms with Crippen molar-refractivity contribution in [1.82, 2.24) is 4.90 Å². The van der Waals surface area contributed by atoms with Crippen LogP contribution in [-0.4, -0.2) is 34.2 Å². The van der Waals surface area contributed by atoms with E-state index in [2.05, 4.69) is 0 Å². The summed E-state index contributed by atoms with van der Waals surface area (Å²) in [6.45, 7) is 6.46. The molecule has 2 heterocycles. The SMILES string of the molecule is CC(C)(C)Sc1cc(N2C(=O)C3CCCCN3C2=O)c(F)cc1C#N. The van der Waals surface area contributed by atoms with Crippen LogP contribution in [0, 0.1) is 17.1 Å². The minimum atomic E-state index is -0.726. The topological polar surface area (TPSA) is 64.4 Å². The van der Waals surface area contributed by atoms with Crippen molar-refractivity contribution in [3.05, 3.63) is 23.5 Å². The predicted octanol–water partition coefficient (Wildman–Crippen LogP) is 3.91. The highest BCUT2D eigenvalue weighted by molar-refractivity contribution is 8.00. The first kappa shape index (κ1) is 17.7. The van der Waals surface area contributed by atoms with Gasteiger partial charge >= 0.3 is 6.03 Å². The number of amides is 3. The van der Waals surface area contributed by atoms with Gasteiger partial charge in [0.1, 0.15) is 17.9 Å². The highest BCUT2D eigenvalue weighted by Gasteiger charge is 2.47. The summed E-state index contributed by atoms with van der Waals surface area (Å²) in [6.07, 6.45) is 2.35. The summed E-state index contributed by atoms with van der Waals surface area (Å²) in [4.78, 5) is 28.4. The number of benzene rings is 1. The van der Waals surface area contributed by atoms with Gasteiger partial charge in [0.2, 0.25) is 0 Å². The van der Waals surface area contributed by atoms with Crippen LogP contribution < -0.4 is 4.90 Å². The fraction of sp³-hybridized carbons (Fsp3) is 0.500. The van der Waals surface area contributed by atoms with Crippen molar-refractivity contribution in [3.63, 3.8) is 0 Å². The second-order valence-electron chi connectivity index (χ2n) is 7.29. The Bertz CT molecular complexity index is 758. The van der Waals surface area contributed by atoms with Crippen molar-refractivity contribution in [1.29, 1.82) is 5.26 Å². The van der Waals surface area contributed by atoms with Gasteiger partial charge in [0.05, 0.1) is 11.3 Å². The van der Waals surface area contributed by atoms with Crippen LogP contribution in [-0.2, 0) is 4.79 Å². The molecule has 2 saturated heterocycles. The van der Waals surface area contributed by atoms with Crippen molar-refractivity contribution in [2.45, 2.75) is 55.7 Å². The minimum Gasteiger partial charge on any atom is -0.312 e. The molecule has 2 aliphatic heterocycles. The molecule has 3 amide bonds. The predicted molar refractivity (Wildman–Crippen MR) is 94.0 cm³/mol. The van der Waals surface area contributed by atoms with Gasteiger partial charge in [-0.3, -0.25) is 4.79 Å². The first-order valence-corrected chi connectivity index (χ1v) is 9.12. The fourth-order valence-corrected chi connectivity index (χ4v) is 4.27. The number of urea groups is 1. The molecule has 0 radical (unpaired) electrons. The van der Waals surface area contributed by atoms with E-state index in [0.29, 0.717) is 17.9 Å². The number of anilines is 1. The van der Waals surface area contributed by atoms with Crippen LogP contribution >= 0.6 is 11.8 Å². The third-order valence-electron chi connectivity index (χ3n) is 4.27. The lowest BCUT2D eigenvalue weighted by Gasteiger charge is -2.26. The second kappa shape index (κ2) is 6.34. The van der Waals surface area contributed by atoms with Gasteiger partial charge in [-0.05, 0) is 31.4 Å². The number of hydrogen-bond donors (Lipinski definition) is 0. The van der Waals surface area contributed by atoms with Crippen molar-refractivity contribution < 1.29 is 14.0 Å². The third-order valence-corrected chi connectivity index (χ3v) is 5.44. The van der Waals surface area contributed by atoms with Crippen LogP contribution in [0.5, 0.6) is 0 Å².